The van der Waals surface area contributed by atoms with Crippen molar-refractivity contribution in [2.24, 2.45) is 0 Å². The highest BCUT2D eigenvalue weighted by molar-refractivity contribution is 8.00. The summed E-state index contributed by atoms with van der Waals surface area (Å²) in [6, 6.07) is 2.77. The van der Waals surface area contributed by atoms with Crippen molar-refractivity contribution < 1.29 is 8.42 Å². The molecule has 8 heteroatoms. The van der Waals surface area contributed by atoms with Crippen molar-refractivity contribution in [3.05, 3.63) is 22.2 Å². The molecule has 0 saturated carbocycles. The van der Waals surface area contributed by atoms with Gasteiger partial charge in [-0.2, -0.15) is 11.8 Å². The van der Waals surface area contributed by atoms with Gasteiger partial charge in [-0.15, -0.1) is 0 Å². The number of anilines is 1. The monoisotopic (exact) mass is 354 g/mol. The summed E-state index contributed by atoms with van der Waals surface area (Å²) in [7, 11) is -3.72. The van der Waals surface area contributed by atoms with Gasteiger partial charge in [-0.25, -0.2) is 13.1 Å². The van der Waals surface area contributed by atoms with Crippen LogP contribution in [0.1, 0.15) is 19.3 Å². The second kappa shape index (κ2) is 6.75. The Morgan fingerprint density at radius 2 is 1.95 bits per heavy atom. The second-order valence-corrected chi connectivity index (χ2v) is 8.58. The number of nitrogens with one attached hydrogen (secondary N) is 1. The predicted molar refractivity (Wildman–Crippen MR) is 86.2 cm³/mol. The number of nitrogen functional groups attached to an aromatic ring is 1. The highest BCUT2D eigenvalue weighted by atomic mass is 35.5. The Labute approximate surface area is 133 Å². The van der Waals surface area contributed by atoms with Gasteiger partial charge < -0.3 is 5.73 Å². The van der Waals surface area contributed by atoms with Crippen molar-refractivity contribution in [1.29, 1.82) is 0 Å². The van der Waals surface area contributed by atoms with Gasteiger partial charge in [-0.05, 0) is 30.7 Å². The number of sulfonamides is 1. The average Bonchev–Trinajstić information content (AvgIpc) is 2.36. The van der Waals surface area contributed by atoms with E-state index in [-0.39, 0.29) is 14.9 Å². The summed E-state index contributed by atoms with van der Waals surface area (Å²) >= 11 is 13.7. The molecule has 0 aromatic heterocycles. The Bertz CT molecular complexity index is 564. The zero-order valence-electron chi connectivity index (χ0n) is 10.7. The van der Waals surface area contributed by atoms with Crippen molar-refractivity contribution >= 4 is 50.7 Å². The van der Waals surface area contributed by atoms with Gasteiger partial charge in [0.05, 0.1) is 10.0 Å². The molecule has 0 bridgehead atoms. The summed E-state index contributed by atoms with van der Waals surface area (Å²) in [4.78, 5) is -0.101. The Balaban J connectivity index is 2.14. The molecule has 20 heavy (non-hydrogen) atoms. The van der Waals surface area contributed by atoms with E-state index in [1.165, 1.54) is 18.6 Å². The minimum absolute atomic E-state index is 0.0406. The quantitative estimate of drug-likeness (QED) is 0.814. The highest BCUT2D eigenvalue weighted by Crippen LogP contribution is 2.32. The fourth-order valence-corrected chi connectivity index (χ4v) is 5.73. The molecule has 0 aliphatic carbocycles. The van der Waals surface area contributed by atoms with E-state index in [0.29, 0.717) is 17.5 Å². The van der Waals surface area contributed by atoms with Crippen LogP contribution in [-0.4, -0.2) is 26.0 Å². The van der Waals surface area contributed by atoms with E-state index in [1.807, 2.05) is 0 Å². The Morgan fingerprint density at radius 3 is 2.50 bits per heavy atom. The van der Waals surface area contributed by atoms with Crippen LogP contribution in [0, 0.1) is 0 Å². The van der Waals surface area contributed by atoms with Crippen molar-refractivity contribution in [3.8, 4) is 0 Å². The molecule has 1 unspecified atom stereocenters. The number of hydrogen-bond donors (Lipinski definition) is 2. The van der Waals surface area contributed by atoms with Gasteiger partial charge in [-0.1, -0.05) is 29.6 Å². The van der Waals surface area contributed by atoms with Gasteiger partial charge in [0.15, 0.2) is 0 Å². The van der Waals surface area contributed by atoms with E-state index in [4.69, 9.17) is 28.9 Å². The van der Waals surface area contributed by atoms with E-state index in [9.17, 15) is 8.42 Å². The number of thioether (sulfide) groups is 1. The standard InChI is InChI=1S/C12H16Cl2N2O2S2/c13-10-5-8(15)6-11(14)12(10)20(17,18)16-7-9-3-1-2-4-19-9/h5-6,9,16H,1-4,7,15H2. The first-order chi connectivity index (χ1) is 9.40. The van der Waals surface area contributed by atoms with Gasteiger partial charge in [0.25, 0.3) is 0 Å². The predicted octanol–water partition coefficient (Wildman–Crippen LogP) is 3.14. The topological polar surface area (TPSA) is 72.2 Å². The largest absolute Gasteiger partial charge is 0.399 e. The maximum atomic E-state index is 12.3. The van der Waals surface area contributed by atoms with Crippen LogP contribution in [0.3, 0.4) is 0 Å². The van der Waals surface area contributed by atoms with Crippen LogP contribution in [0.25, 0.3) is 0 Å². The first kappa shape index (κ1) is 16.2. The lowest BCUT2D eigenvalue weighted by molar-refractivity contribution is 0.574. The molecular formula is C12H16Cl2N2O2S2. The highest BCUT2D eigenvalue weighted by Gasteiger charge is 2.24. The number of benzene rings is 1. The van der Waals surface area contributed by atoms with Crippen LogP contribution < -0.4 is 10.5 Å². The van der Waals surface area contributed by atoms with E-state index >= 15 is 0 Å². The number of halogens is 2. The summed E-state index contributed by atoms with van der Waals surface area (Å²) in [5.41, 5.74) is 5.91. The van der Waals surface area contributed by atoms with Crippen LogP contribution in [0.4, 0.5) is 5.69 Å². The molecule has 1 aromatic carbocycles. The number of hydrogen-bond acceptors (Lipinski definition) is 4. The molecule has 0 radical (unpaired) electrons. The maximum absolute atomic E-state index is 12.3. The minimum atomic E-state index is -3.72. The third-order valence-corrected chi connectivity index (χ3v) is 6.81. The molecule has 0 spiro atoms. The zero-order chi connectivity index (χ0) is 14.8. The third kappa shape index (κ3) is 3.95. The van der Waals surface area contributed by atoms with Crippen molar-refractivity contribution in [3.63, 3.8) is 0 Å². The first-order valence-electron chi connectivity index (χ1n) is 6.26. The Morgan fingerprint density at radius 1 is 1.30 bits per heavy atom. The van der Waals surface area contributed by atoms with Crippen LogP contribution in [0.5, 0.6) is 0 Å². The van der Waals surface area contributed by atoms with Crippen molar-refractivity contribution in [2.75, 3.05) is 18.0 Å². The number of nitrogens with two attached hydrogens (primary N) is 1. The van der Waals surface area contributed by atoms with Gasteiger partial charge >= 0.3 is 0 Å². The van der Waals surface area contributed by atoms with Crippen molar-refractivity contribution in [1.82, 2.24) is 4.72 Å². The Kier molecular flexibility index (Phi) is 5.48. The fourth-order valence-electron chi connectivity index (χ4n) is 2.08. The fraction of sp³-hybridized carbons (Fsp3) is 0.500. The van der Waals surface area contributed by atoms with Crippen LogP contribution in [0.15, 0.2) is 17.0 Å². The van der Waals surface area contributed by atoms with Crippen LogP contribution in [0.2, 0.25) is 10.0 Å². The van der Waals surface area contributed by atoms with Crippen LogP contribution >= 0.6 is 35.0 Å². The lowest BCUT2D eigenvalue weighted by Crippen LogP contribution is -2.32. The second-order valence-electron chi connectivity index (χ2n) is 4.65. The van der Waals surface area contributed by atoms with Gasteiger partial charge in [-0.3, -0.25) is 0 Å². The zero-order valence-corrected chi connectivity index (χ0v) is 13.9. The summed E-state index contributed by atoms with van der Waals surface area (Å²) in [5.74, 6) is 1.08. The summed E-state index contributed by atoms with van der Waals surface area (Å²) in [6.07, 6.45) is 3.36. The lowest BCUT2D eigenvalue weighted by atomic mass is 10.2. The first-order valence-corrected chi connectivity index (χ1v) is 9.55. The molecule has 1 aliphatic heterocycles. The molecular weight excluding hydrogens is 339 g/mol. The normalized spacial score (nSPS) is 20.0. The number of rotatable bonds is 4. The SMILES string of the molecule is Nc1cc(Cl)c(S(=O)(=O)NCC2CCCCS2)c(Cl)c1. The van der Waals surface area contributed by atoms with Crippen LogP contribution in [-0.2, 0) is 10.0 Å². The molecule has 1 aromatic rings. The third-order valence-electron chi connectivity index (χ3n) is 3.06. The van der Waals surface area contributed by atoms with E-state index in [0.717, 1.165) is 18.6 Å². The molecule has 1 heterocycles. The Hall–Kier alpha value is -0.140. The van der Waals surface area contributed by atoms with Gasteiger partial charge in [0, 0.05) is 17.5 Å². The lowest BCUT2D eigenvalue weighted by Gasteiger charge is -2.21. The molecule has 2 rings (SSSR count). The molecule has 1 fully saturated rings. The molecule has 1 atom stereocenters. The van der Waals surface area contributed by atoms with E-state index in [2.05, 4.69) is 4.72 Å². The summed E-state index contributed by atoms with van der Waals surface area (Å²) in [6.45, 7) is 0.393. The summed E-state index contributed by atoms with van der Waals surface area (Å²) in [5, 5.41) is 0.391. The van der Waals surface area contributed by atoms with Gasteiger partial charge in [0.1, 0.15) is 4.90 Å². The van der Waals surface area contributed by atoms with E-state index in [1.54, 1.807) is 11.8 Å². The van der Waals surface area contributed by atoms with Gasteiger partial charge in [0.2, 0.25) is 10.0 Å². The van der Waals surface area contributed by atoms with E-state index < -0.39 is 10.0 Å². The molecule has 3 N–H and O–H groups in total. The maximum Gasteiger partial charge on any atom is 0.243 e. The molecule has 4 nitrogen and oxygen atoms in total. The summed E-state index contributed by atoms with van der Waals surface area (Å²) < 4.78 is 27.2. The molecule has 1 aliphatic rings. The van der Waals surface area contributed by atoms with Crippen molar-refractivity contribution in [2.45, 2.75) is 29.4 Å². The molecule has 112 valence electrons. The minimum Gasteiger partial charge on any atom is -0.399 e. The molecule has 1 saturated heterocycles. The molecule has 0 amide bonds. The smallest absolute Gasteiger partial charge is 0.243 e. The average molecular weight is 355 g/mol.